The Labute approximate surface area is 191 Å². The van der Waals surface area contributed by atoms with E-state index in [0.717, 1.165) is 33.4 Å². The summed E-state index contributed by atoms with van der Waals surface area (Å²) in [4.78, 5) is 19.5. The number of hydroxylamine groups is 1. The van der Waals surface area contributed by atoms with Gasteiger partial charge in [-0.1, -0.05) is 48.5 Å². The number of halogens is 1. The standard InChI is InChI=1S/C27H25FN2O3/c1-27(2,3)33-26(31)29-22-12-8-7-11-21(22)24-23(29)17-32-30(20-9-5-4-6-10-20)25(24)18-13-15-19(28)16-14-18/h4-16,25H,17H2,1-3H3. The second kappa shape index (κ2) is 8.05. The van der Waals surface area contributed by atoms with Crippen molar-refractivity contribution in [3.63, 3.8) is 0 Å². The Kier molecular flexibility index (Phi) is 5.17. The molecule has 2 heterocycles. The van der Waals surface area contributed by atoms with Crippen LogP contribution in [-0.2, 0) is 16.2 Å². The van der Waals surface area contributed by atoms with Crippen LogP contribution in [0, 0.1) is 5.82 Å². The molecule has 6 heteroatoms. The number of ether oxygens (including phenoxy) is 1. The number of aromatic nitrogens is 1. The van der Waals surface area contributed by atoms with Crippen LogP contribution in [0.1, 0.15) is 43.6 Å². The number of fused-ring (bicyclic) bond motifs is 3. The lowest BCUT2D eigenvalue weighted by atomic mass is 9.94. The molecule has 3 aromatic carbocycles. The van der Waals surface area contributed by atoms with Gasteiger partial charge in [0.2, 0.25) is 0 Å². The van der Waals surface area contributed by atoms with Gasteiger partial charge in [-0.15, -0.1) is 0 Å². The number of hydrogen-bond acceptors (Lipinski definition) is 4. The van der Waals surface area contributed by atoms with Gasteiger partial charge in [0.15, 0.2) is 0 Å². The molecule has 0 bridgehead atoms. The fourth-order valence-electron chi connectivity index (χ4n) is 4.35. The zero-order valence-corrected chi connectivity index (χ0v) is 18.8. The van der Waals surface area contributed by atoms with Crippen LogP contribution in [0.2, 0.25) is 0 Å². The van der Waals surface area contributed by atoms with E-state index in [4.69, 9.17) is 9.57 Å². The number of anilines is 1. The molecule has 0 saturated heterocycles. The second-order valence-electron chi connectivity index (χ2n) is 9.08. The van der Waals surface area contributed by atoms with E-state index >= 15 is 0 Å². The van der Waals surface area contributed by atoms with Crippen molar-refractivity contribution < 1.29 is 18.8 Å². The van der Waals surface area contributed by atoms with Crippen LogP contribution < -0.4 is 5.06 Å². The summed E-state index contributed by atoms with van der Waals surface area (Å²) in [6.45, 7) is 5.73. The van der Waals surface area contributed by atoms with Crippen LogP contribution in [0.3, 0.4) is 0 Å². The first-order chi connectivity index (χ1) is 15.8. The third-order valence-corrected chi connectivity index (χ3v) is 5.64. The number of carbonyl (C=O) groups excluding carboxylic acids is 1. The molecule has 0 spiro atoms. The third-order valence-electron chi connectivity index (χ3n) is 5.64. The minimum atomic E-state index is -0.642. The van der Waals surface area contributed by atoms with Crippen molar-refractivity contribution in [1.82, 2.24) is 4.57 Å². The van der Waals surface area contributed by atoms with Crippen molar-refractivity contribution in [2.45, 2.75) is 39.0 Å². The van der Waals surface area contributed by atoms with Gasteiger partial charge < -0.3 is 4.74 Å². The summed E-state index contributed by atoms with van der Waals surface area (Å²) < 4.78 is 21.1. The molecule has 0 radical (unpaired) electrons. The molecule has 0 N–H and O–H groups in total. The summed E-state index contributed by atoms with van der Waals surface area (Å²) in [5, 5.41) is 2.76. The van der Waals surface area contributed by atoms with Crippen molar-refractivity contribution in [3.05, 3.63) is 102 Å². The Morgan fingerprint density at radius 1 is 0.970 bits per heavy atom. The highest BCUT2D eigenvalue weighted by molar-refractivity contribution is 5.95. The minimum absolute atomic E-state index is 0.190. The molecule has 5 rings (SSSR count). The summed E-state index contributed by atoms with van der Waals surface area (Å²) in [6, 6.07) is 23.5. The molecule has 1 unspecified atom stereocenters. The Morgan fingerprint density at radius 2 is 1.64 bits per heavy atom. The Morgan fingerprint density at radius 3 is 2.33 bits per heavy atom. The number of nitrogens with zero attached hydrogens (tertiary/aromatic N) is 2. The van der Waals surface area contributed by atoms with Gasteiger partial charge in [0.1, 0.15) is 24.1 Å². The predicted octanol–water partition coefficient (Wildman–Crippen LogP) is 6.60. The van der Waals surface area contributed by atoms with Gasteiger partial charge in [-0.05, 0) is 56.7 Å². The average molecular weight is 445 g/mol. The maximum atomic E-state index is 13.8. The molecule has 168 valence electrons. The first-order valence-electron chi connectivity index (χ1n) is 10.9. The van der Waals surface area contributed by atoms with Gasteiger partial charge in [0, 0.05) is 10.9 Å². The molecule has 1 aliphatic rings. The van der Waals surface area contributed by atoms with E-state index in [-0.39, 0.29) is 18.5 Å². The second-order valence-corrected chi connectivity index (χ2v) is 9.08. The number of para-hydroxylation sites is 2. The smallest absolute Gasteiger partial charge is 0.419 e. The summed E-state index contributed by atoms with van der Waals surface area (Å²) in [7, 11) is 0. The first kappa shape index (κ1) is 21.2. The quantitative estimate of drug-likeness (QED) is 0.349. The number of benzene rings is 3. The van der Waals surface area contributed by atoms with Crippen molar-refractivity contribution in [3.8, 4) is 0 Å². The minimum Gasteiger partial charge on any atom is -0.443 e. The lowest BCUT2D eigenvalue weighted by Crippen LogP contribution is -2.36. The van der Waals surface area contributed by atoms with Crippen LogP contribution in [0.25, 0.3) is 10.9 Å². The van der Waals surface area contributed by atoms with E-state index in [1.165, 1.54) is 12.1 Å². The highest BCUT2D eigenvalue weighted by atomic mass is 19.1. The number of rotatable bonds is 2. The van der Waals surface area contributed by atoms with E-state index in [2.05, 4.69) is 0 Å². The van der Waals surface area contributed by atoms with Crippen molar-refractivity contribution in [2.75, 3.05) is 5.06 Å². The SMILES string of the molecule is CC(C)(C)OC(=O)n1c2c(c3ccccc31)C(c1ccc(F)cc1)N(c1ccccc1)OC2. The lowest BCUT2D eigenvalue weighted by molar-refractivity contribution is 0.0450. The monoisotopic (exact) mass is 444 g/mol. The van der Waals surface area contributed by atoms with Crippen LogP contribution in [0.15, 0.2) is 78.9 Å². The van der Waals surface area contributed by atoms with E-state index in [1.807, 2.05) is 80.4 Å². The maximum Gasteiger partial charge on any atom is 0.419 e. The van der Waals surface area contributed by atoms with Gasteiger partial charge >= 0.3 is 6.09 Å². The molecule has 0 saturated carbocycles. The van der Waals surface area contributed by atoms with Gasteiger partial charge in [0.25, 0.3) is 0 Å². The van der Waals surface area contributed by atoms with E-state index in [9.17, 15) is 9.18 Å². The predicted molar refractivity (Wildman–Crippen MR) is 126 cm³/mol. The molecule has 1 aliphatic heterocycles. The molecule has 1 aromatic heterocycles. The Hall–Kier alpha value is -3.64. The summed E-state index contributed by atoms with van der Waals surface area (Å²) in [6.07, 6.45) is -0.449. The van der Waals surface area contributed by atoms with Crippen LogP contribution in [-0.4, -0.2) is 16.3 Å². The fraction of sp³-hybridized carbons (Fsp3) is 0.222. The zero-order valence-electron chi connectivity index (χ0n) is 18.8. The molecule has 0 amide bonds. The average Bonchev–Trinajstić information content (AvgIpc) is 3.13. The largest absolute Gasteiger partial charge is 0.443 e. The van der Waals surface area contributed by atoms with Crippen LogP contribution in [0.5, 0.6) is 0 Å². The first-order valence-corrected chi connectivity index (χ1v) is 10.9. The Bertz CT molecular complexity index is 1310. The number of hydrogen-bond donors (Lipinski definition) is 0. The highest BCUT2D eigenvalue weighted by Gasteiger charge is 2.37. The molecule has 4 aromatic rings. The molecule has 0 aliphatic carbocycles. The summed E-state index contributed by atoms with van der Waals surface area (Å²) in [5.41, 5.74) is 3.50. The van der Waals surface area contributed by atoms with E-state index in [0.29, 0.717) is 0 Å². The zero-order chi connectivity index (χ0) is 23.2. The molecule has 5 nitrogen and oxygen atoms in total. The molecule has 33 heavy (non-hydrogen) atoms. The fourth-order valence-corrected chi connectivity index (χ4v) is 4.35. The molecule has 1 atom stereocenters. The van der Waals surface area contributed by atoms with Gasteiger partial charge in [-0.25, -0.2) is 18.8 Å². The van der Waals surface area contributed by atoms with Crippen molar-refractivity contribution in [2.24, 2.45) is 0 Å². The van der Waals surface area contributed by atoms with Crippen LogP contribution >= 0.6 is 0 Å². The molecular weight excluding hydrogens is 419 g/mol. The lowest BCUT2D eigenvalue weighted by Gasteiger charge is -2.37. The topological polar surface area (TPSA) is 43.7 Å². The van der Waals surface area contributed by atoms with Crippen LogP contribution in [0.4, 0.5) is 14.9 Å². The summed E-state index contributed by atoms with van der Waals surface area (Å²) >= 11 is 0. The maximum absolute atomic E-state index is 13.8. The normalized spacial score (nSPS) is 16.0. The third kappa shape index (κ3) is 3.87. The number of carbonyl (C=O) groups is 1. The Balaban J connectivity index is 1.75. The van der Waals surface area contributed by atoms with Gasteiger partial charge in [0.05, 0.1) is 16.9 Å². The highest BCUT2D eigenvalue weighted by Crippen LogP contribution is 2.44. The molecule has 0 fully saturated rings. The van der Waals surface area contributed by atoms with Gasteiger partial charge in [-0.3, -0.25) is 4.84 Å². The van der Waals surface area contributed by atoms with Crippen molar-refractivity contribution >= 4 is 22.7 Å². The summed E-state index contributed by atoms with van der Waals surface area (Å²) in [5.74, 6) is -0.307. The van der Waals surface area contributed by atoms with Gasteiger partial charge in [-0.2, -0.15) is 0 Å². The van der Waals surface area contributed by atoms with Crippen molar-refractivity contribution in [1.29, 1.82) is 0 Å². The van der Waals surface area contributed by atoms with E-state index in [1.54, 1.807) is 16.7 Å². The molecular formula is C27H25FN2O3. The van der Waals surface area contributed by atoms with E-state index < -0.39 is 11.7 Å².